The number of esters is 1. The predicted octanol–water partition coefficient (Wildman–Crippen LogP) is 5.81. The first-order valence-electron chi connectivity index (χ1n) is 11.8. The number of alkyl halides is 3. The molecule has 2 N–H and O–H groups in total. The minimum Gasteiger partial charge on any atom is -0.458 e. The number of ether oxygens (including phenoxy) is 2. The molecule has 0 bridgehead atoms. The van der Waals surface area contributed by atoms with E-state index in [1.807, 2.05) is 0 Å². The molecule has 1 saturated carbocycles. The summed E-state index contributed by atoms with van der Waals surface area (Å²) in [5.41, 5.74) is -1.68. The van der Waals surface area contributed by atoms with E-state index in [0.29, 0.717) is 12.8 Å². The molecule has 0 saturated heterocycles. The zero-order valence-corrected chi connectivity index (χ0v) is 22.0. The third-order valence-electron chi connectivity index (χ3n) is 5.52. The molecular formula is C23H41F3N2O5S. The van der Waals surface area contributed by atoms with Gasteiger partial charge in [0.25, 0.3) is 0 Å². The molecule has 0 radical (unpaired) electrons. The fourth-order valence-corrected chi connectivity index (χ4v) is 5.46. The number of hydrogen-bond acceptors (Lipinski definition) is 6. The summed E-state index contributed by atoms with van der Waals surface area (Å²) in [6.07, 6.45) is -2.48. The number of amides is 1. The molecule has 1 fully saturated rings. The Morgan fingerprint density at radius 2 is 1.44 bits per heavy atom. The predicted molar refractivity (Wildman–Crippen MR) is 125 cm³/mol. The van der Waals surface area contributed by atoms with Crippen LogP contribution >= 0.6 is 0 Å². The molecule has 7 nitrogen and oxygen atoms in total. The van der Waals surface area contributed by atoms with Crippen molar-refractivity contribution in [2.75, 3.05) is 11.5 Å². The maximum atomic E-state index is 13.7. The van der Waals surface area contributed by atoms with Crippen molar-refractivity contribution in [3.8, 4) is 0 Å². The zero-order valence-electron chi connectivity index (χ0n) is 21.2. The summed E-state index contributed by atoms with van der Waals surface area (Å²) < 4.78 is 72.4. The third kappa shape index (κ3) is 12.3. The van der Waals surface area contributed by atoms with E-state index in [2.05, 4.69) is 5.32 Å². The molecule has 1 aliphatic carbocycles. The lowest BCUT2D eigenvalue weighted by molar-refractivity contribution is -0.192. The number of carbonyl (C=O) groups is 2. The highest BCUT2D eigenvalue weighted by molar-refractivity contribution is 7.92. The van der Waals surface area contributed by atoms with Gasteiger partial charge in [0.05, 0.1) is 5.92 Å². The SMILES string of the molecule is CC(C)(C)OC(=O)N[C@@H](CCS(=N)(=O)CCC(C1CCCCC1)C(F)(F)F)C(=O)OC(C)(C)C. The van der Waals surface area contributed by atoms with Gasteiger partial charge in [-0.15, -0.1) is 0 Å². The van der Waals surface area contributed by atoms with Gasteiger partial charge in [-0.05, 0) is 73.1 Å². The van der Waals surface area contributed by atoms with Crippen molar-refractivity contribution >= 4 is 21.8 Å². The highest BCUT2D eigenvalue weighted by Gasteiger charge is 2.44. The second-order valence-corrected chi connectivity index (χ2v) is 13.5. The summed E-state index contributed by atoms with van der Waals surface area (Å²) in [4.78, 5) is 24.8. The van der Waals surface area contributed by atoms with Gasteiger partial charge in [-0.2, -0.15) is 13.2 Å². The van der Waals surface area contributed by atoms with Crippen LogP contribution in [0, 0.1) is 16.6 Å². The fraction of sp³-hybridized carbons (Fsp3) is 0.913. The quantitative estimate of drug-likeness (QED) is 0.378. The van der Waals surface area contributed by atoms with Crippen molar-refractivity contribution < 1.29 is 36.4 Å². The highest BCUT2D eigenvalue weighted by Crippen LogP contribution is 2.41. The normalized spacial score (nSPS) is 19.6. The van der Waals surface area contributed by atoms with Gasteiger partial charge in [0, 0.05) is 21.2 Å². The van der Waals surface area contributed by atoms with Gasteiger partial charge in [0.2, 0.25) is 0 Å². The Kier molecular flexibility index (Phi) is 10.7. The van der Waals surface area contributed by atoms with E-state index in [1.165, 1.54) is 0 Å². The molecule has 11 heteroatoms. The van der Waals surface area contributed by atoms with Crippen LogP contribution < -0.4 is 5.32 Å². The van der Waals surface area contributed by atoms with Crippen molar-refractivity contribution in [2.24, 2.45) is 11.8 Å². The summed E-state index contributed by atoms with van der Waals surface area (Å²) in [6, 6.07) is -1.24. The summed E-state index contributed by atoms with van der Waals surface area (Å²) in [6.45, 7) is 9.88. The zero-order chi connectivity index (χ0) is 26.4. The van der Waals surface area contributed by atoms with Gasteiger partial charge in [0.15, 0.2) is 0 Å². The molecule has 0 aromatic carbocycles. The Balaban J connectivity index is 2.84. The van der Waals surface area contributed by atoms with Crippen LogP contribution in [0.1, 0.15) is 86.5 Å². The first-order valence-corrected chi connectivity index (χ1v) is 13.7. The number of rotatable bonds is 9. The minimum atomic E-state index is -4.41. The maximum absolute atomic E-state index is 13.7. The second kappa shape index (κ2) is 11.9. The van der Waals surface area contributed by atoms with Gasteiger partial charge in [0.1, 0.15) is 17.2 Å². The molecule has 34 heavy (non-hydrogen) atoms. The first kappa shape index (κ1) is 30.5. The standard InChI is InChI=1S/C23H41F3N2O5S/c1-21(2,3)32-19(29)18(28-20(30)33-22(4,5)6)13-15-34(27,31)14-12-17(23(24,25)26)16-10-8-7-9-11-16/h16-18,27H,7-15H2,1-6H3,(H,28,30)/t17?,18-,34?/m0/s1. The minimum absolute atomic E-state index is 0.212. The van der Waals surface area contributed by atoms with Gasteiger partial charge in [-0.1, -0.05) is 19.3 Å². The molecule has 0 aromatic heterocycles. The monoisotopic (exact) mass is 514 g/mol. The molecular weight excluding hydrogens is 473 g/mol. The van der Waals surface area contributed by atoms with Crippen molar-refractivity contribution in [2.45, 2.75) is 110 Å². The summed E-state index contributed by atoms with van der Waals surface area (Å²) in [7, 11) is -3.42. The first-order chi connectivity index (χ1) is 15.3. The second-order valence-electron chi connectivity index (χ2n) is 11.1. The van der Waals surface area contributed by atoms with E-state index in [0.717, 1.165) is 19.3 Å². The lowest BCUT2D eigenvalue weighted by Gasteiger charge is -2.32. The fourth-order valence-electron chi connectivity index (χ4n) is 4.00. The molecule has 1 rings (SSSR count). The van der Waals surface area contributed by atoms with E-state index < -0.39 is 62.8 Å². The Morgan fingerprint density at radius 1 is 0.941 bits per heavy atom. The van der Waals surface area contributed by atoms with Gasteiger partial charge >= 0.3 is 18.2 Å². The largest absolute Gasteiger partial charge is 0.458 e. The Bertz CT molecular complexity index is 780. The molecule has 0 heterocycles. The average molecular weight is 515 g/mol. The molecule has 0 aromatic rings. The van der Waals surface area contributed by atoms with Crippen LogP contribution in [-0.2, 0) is 24.0 Å². The lowest BCUT2D eigenvalue weighted by atomic mass is 9.78. The van der Waals surface area contributed by atoms with Crippen molar-refractivity contribution in [3.05, 3.63) is 0 Å². The van der Waals surface area contributed by atoms with Crippen LogP contribution in [0.2, 0.25) is 0 Å². The van der Waals surface area contributed by atoms with Gasteiger partial charge in [-0.25, -0.2) is 13.8 Å². The molecule has 0 aliphatic heterocycles. The molecule has 1 amide bonds. The average Bonchev–Trinajstić information content (AvgIpc) is 2.62. The van der Waals surface area contributed by atoms with E-state index >= 15 is 0 Å². The number of carbonyl (C=O) groups excluding carboxylic acids is 2. The highest BCUT2D eigenvalue weighted by atomic mass is 32.2. The van der Waals surface area contributed by atoms with Crippen molar-refractivity contribution in [1.29, 1.82) is 4.78 Å². The Morgan fingerprint density at radius 3 is 1.91 bits per heavy atom. The molecule has 200 valence electrons. The molecule has 2 unspecified atom stereocenters. The van der Waals surface area contributed by atoms with Gasteiger partial charge < -0.3 is 14.8 Å². The maximum Gasteiger partial charge on any atom is 0.408 e. The van der Waals surface area contributed by atoms with Crippen LogP contribution in [0.4, 0.5) is 18.0 Å². The summed E-state index contributed by atoms with van der Waals surface area (Å²) >= 11 is 0. The number of alkyl carbamates (subject to hydrolysis) is 1. The number of halogens is 3. The molecule has 1 aliphatic rings. The topological polar surface area (TPSA) is 106 Å². The van der Waals surface area contributed by atoms with Crippen LogP contribution in [0.25, 0.3) is 0 Å². The molecule has 3 atom stereocenters. The summed E-state index contributed by atoms with van der Waals surface area (Å²) in [5, 5.41) is 2.38. The van der Waals surface area contributed by atoms with Crippen LogP contribution in [0.5, 0.6) is 0 Å². The smallest absolute Gasteiger partial charge is 0.408 e. The van der Waals surface area contributed by atoms with Crippen LogP contribution in [0.15, 0.2) is 0 Å². The summed E-state index contributed by atoms with van der Waals surface area (Å²) in [5.74, 6) is -3.64. The van der Waals surface area contributed by atoms with Crippen molar-refractivity contribution in [3.63, 3.8) is 0 Å². The molecule has 0 spiro atoms. The van der Waals surface area contributed by atoms with Crippen LogP contribution in [-0.4, -0.2) is 51.2 Å². The Hall–Kier alpha value is -1.52. The van der Waals surface area contributed by atoms with E-state index in [1.54, 1.807) is 41.5 Å². The number of hydrogen-bond donors (Lipinski definition) is 2. The van der Waals surface area contributed by atoms with E-state index in [9.17, 15) is 27.0 Å². The third-order valence-corrected chi connectivity index (χ3v) is 7.31. The van der Waals surface area contributed by atoms with E-state index in [-0.39, 0.29) is 18.6 Å². The lowest BCUT2D eigenvalue weighted by Crippen LogP contribution is -2.46. The van der Waals surface area contributed by atoms with Gasteiger partial charge in [-0.3, -0.25) is 4.78 Å². The van der Waals surface area contributed by atoms with E-state index in [4.69, 9.17) is 14.3 Å². The van der Waals surface area contributed by atoms with Crippen LogP contribution in [0.3, 0.4) is 0 Å². The van der Waals surface area contributed by atoms with Crippen molar-refractivity contribution in [1.82, 2.24) is 5.32 Å². The number of nitrogens with one attached hydrogen (secondary N) is 2. The Labute approximate surface area is 201 Å².